The molecule has 1 aliphatic heterocycles. The van der Waals surface area contributed by atoms with Crippen LogP contribution < -0.4 is 5.32 Å². The number of hydrogen-bond donors (Lipinski definition) is 1. The minimum Gasteiger partial charge on any atom is -0.379 e. The molecule has 1 N–H and O–H groups in total. The maximum absolute atomic E-state index is 5.49. The molecule has 1 unspecified atom stereocenters. The summed E-state index contributed by atoms with van der Waals surface area (Å²) < 4.78 is 5.49. The van der Waals surface area contributed by atoms with Crippen molar-refractivity contribution in [2.24, 2.45) is 5.92 Å². The van der Waals surface area contributed by atoms with E-state index in [1.54, 1.807) is 0 Å². The molecule has 2 fully saturated rings. The van der Waals surface area contributed by atoms with Gasteiger partial charge >= 0.3 is 0 Å². The van der Waals surface area contributed by atoms with Gasteiger partial charge in [-0.1, -0.05) is 32.1 Å². The fourth-order valence-electron chi connectivity index (χ4n) is 3.17. The van der Waals surface area contributed by atoms with Crippen LogP contribution in [0.25, 0.3) is 0 Å². The Labute approximate surface area is 112 Å². The van der Waals surface area contributed by atoms with E-state index in [-0.39, 0.29) is 0 Å². The second-order valence-electron chi connectivity index (χ2n) is 6.11. The van der Waals surface area contributed by atoms with E-state index in [9.17, 15) is 0 Å². The summed E-state index contributed by atoms with van der Waals surface area (Å²) in [6.07, 6.45) is 10.00. The Morgan fingerprint density at radius 3 is 2.61 bits per heavy atom. The van der Waals surface area contributed by atoms with Crippen LogP contribution in [0, 0.1) is 5.92 Å². The van der Waals surface area contributed by atoms with E-state index in [2.05, 4.69) is 17.3 Å². The quantitative estimate of drug-likeness (QED) is 0.787. The van der Waals surface area contributed by atoms with Gasteiger partial charge in [-0.15, -0.1) is 0 Å². The molecule has 1 atom stereocenters. The molecule has 3 nitrogen and oxygen atoms in total. The fourth-order valence-corrected chi connectivity index (χ4v) is 3.17. The molecule has 1 heterocycles. The summed E-state index contributed by atoms with van der Waals surface area (Å²) in [7, 11) is 2.27. The molecular weight excluding hydrogens is 224 g/mol. The van der Waals surface area contributed by atoms with E-state index in [1.165, 1.54) is 58.0 Å². The number of nitrogens with one attached hydrogen (secondary N) is 1. The minimum absolute atomic E-state index is 0.580. The van der Waals surface area contributed by atoms with Gasteiger partial charge in [-0.2, -0.15) is 0 Å². The van der Waals surface area contributed by atoms with Crippen molar-refractivity contribution in [3.8, 4) is 0 Å². The second-order valence-corrected chi connectivity index (χ2v) is 6.11. The van der Waals surface area contributed by atoms with Crippen LogP contribution in [0.15, 0.2) is 0 Å². The molecule has 1 aliphatic carbocycles. The third-order valence-corrected chi connectivity index (χ3v) is 4.50. The van der Waals surface area contributed by atoms with Crippen molar-refractivity contribution in [1.29, 1.82) is 0 Å². The first-order valence-corrected chi connectivity index (χ1v) is 7.84. The van der Waals surface area contributed by atoms with E-state index in [4.69, 9.17) is 4.74 Å². The molecule has 0 bridgehead atoms. The molecule has 0 aromatic heterocycles. The summed E-state index contributed by atoms with van der Waals surface area (Å²) in [5.74, 6) is 1.01. The first kappa shape index (κ1) is 14.3. The van der Waals surface area contributed by atoms with Crippen molar-refractivity contribution in [3.05, 3.63) is 0 Å². The largest absolute Gasteiger partial charge is 0.379 e. The lowest BCUT2D eigenvalue weighted by Gasteiger charge is -2.27. The van der Waals surface area contributed by atoms with E-state index in [0.29, 0.717) is 6.04 Å². The van der Waals surface area contributed by atoms with E-state index < -0.39 is 0 Å². The molecule has 1 saturated carbocycles. The highest BCUT2D eigenvalue weighted by molar-refractivity contribution is 4.72. The molecule has 2 aliphatic rings. The Morgan fingerprint density at radius 1 is 1.11 bits per heavy atom. The van der Waals surface area contributed by atoms with Gasteiger partial charge < -0.3 is 15.0 Å². The number of nitrogens with zero attached hydrogens (tertiary/aromatic N) is 1. The molecule has 0 aromatic rings. The molecule has 0 radical (unpaired) electrons. The van der Waals surface area contributed by atoms with Gasteiger partial charge in [0.15, 0.2) is 0 Å². The first-order valence-electron chi connectivity index (χ1n) is 7.84. The predicted octanol–water partition coefficient (Wildman–Crippen LogP) is 2.27. The maximum Gasteiger partial charge on any atom is 0.0620 e. The highest BCUT2D eigenvalue weighted by Gasteiger charge is 2.15. The van der Waals surface area contributed by atoms with Gasteiger partial charge in [0.2, 0.25) is 0 Å². The van der Waals surface area contributed by atoms with Gasteiger partial charge in [0.25, 0.3) is 0 Å². The molecule has 2 rings (SSSR count). The molecular formula is C15H30N2O. The molecule has 0 aromatic carbocycles. The smallest absolute Gasteiger partial charge is 0.0620 e. The lowest BCUT2D eigenvalue weighted by molar-refractivity contribution is 0.0707. The van der Waals surface area contributed by atoms with Gasteiger partial charge in [-0.25, -0.2) is 0 Å². The number of rotatable bonds is 6. The highest BCUT2D eigenvalue weighted by atomic mass is 16.5. The van der Waals surface area contributed by atoms with Crippen LogP contribution in [0.3, 0.4) is 0 Å². The van der Waals surface area contributed by atoms with Crippen molar-refractivity contribution < 1.29 is 4.74 Å². The Balaban J connectivity index is 1.52. The van der Waals surface area contributed by atoms with Gasteiger partial charge in [-0.3, -0.25) is 0 Å². The second kappa shape index (κ2) is 8.13. The molecule has 106 valence electrons. The van der Waals surface area contributed by atoms with Crippen molar-refractivity contribution >= 4 is 0 Å². The minimum atomic E-state index is 0.580. The van der Waals surface area contributed by atoms with Crippen LogP contribution in [0.4, 0.5) is 0 Å². The summed E-state index contributed by atoms with van der Waals surface area (Å²) in [4.78, 5) is 2.50. The van der Waals surface area contributed by atoms with Gasteiger partial charge in [-0.05, 0) is 38.9 Å². The van der Waals surface area contributed by atoms with Crippen molar-refractivity contribution in [2.75, 3.05) is 39.9 Å². The molecule has 3 heteroatoms. The van der Waals surface area contributed by atoms with Crippen LogP contribution in [0.1, 0.15) is 44.9 Å². The van der Waals surface area contributed by atoms with Gasteiger partial charge in [0.05, 0.1) is 13.2 Å². The van der Waals surface area contributed by atoms with Crippen LogP contribution in [0.5, 0.6) is 0 Å². The van der Waals surface area contributed by atoms with E-state index in [0.717, 1.165) is 25.7 Å². The topological polar surface area (TPSA) is 24.5 Å². The SMILES string of the molecule is CN(CCC1CCCCC1)CCC1COCCN1. The molecule has 18 heavy (non-hydrogen) atoms. The van der Waals surface area contributed by atoms with Crippen LogP contribution in [-0.4, -0.2) is 50.8 Å². The monoisotopic (exact) mass is 254 g/mol. The summed E-state index contributed by atoms with van der Waals surface area (Å²) in [5, 5.41) is 3.53. The van der Waals surface area contributed by atoms with E-state index in [1.807, 2.05) is 0 Å². The Morgan fingerprint density at radius 2 is 1.89 bits per heavy atom. The highest BCUT2D eigenvalue weighted by Crippen LogP contribution is 2.26. The molecule has 0 amide bonds. The lowest BCUT2D eigenvalue weighted by Crippen LogP contribution is -2.43. The lowest BCUT2D eigenvalue weighted by atomic mass is 9.87. The normalized spacial score (nSPS) is 26.7. The van der Waals surface area contributed by atoms with Crippen LogP contribution >= 0.6 is 0 Å². The zero-order valence-corrected chi connectivity index (χ0v) is 12.0. The molecule has 1 saturated heterocycles. The predicted molar refractivity (Wildman–Crippen MR) is 75.9 cm³/mol. The van der Waals surface area contributed by atoms with Crippen molar-refractivity contribution in [2.45, 2.75) is 51.0 Å². The number of hydrogen-bond acceptors (Lipinski definition) is 3. The Hall–Kier alpha value is -0.120. The summed E-state index contributed by atoms with van der Waals surface area (Å²) in [6, 6.07) is 0.580. The summed E-state index contributed by atoms with van der Waals surface area (Å²) in [5.41, 5.74) is 0. The van der Waals surface area contributed by atoms with Crippen LogP contribution in [0.2, 0.25) is 0 Å². The van der Waals surface area contributed by atoms with Gasteiger partial charge in [0, 0.05) is 12.6 Å². The zero-order chi connectivity index (χ0) is 12.6. The number of morpholine rings is 1. The third-order valence-electron chi connectivity index (χ3n) is 4.50. The number of ether oxygens (including phenoxy) is 1. The Kier molecular flexibility index (Phi) is 6.46. The van der Waals surface area contributed by atoms with Crippen molar-refractivity contribution in [3.63, 3.8) is 0 Å². The average Bonchev–Trinajstić information content (AvgIpc) is 2.45. The average molecular weight is 254 g/mol. The first-order chi connectivity index (χ1) is 8.84. The molecule has 0 spiro atoms. The fraction of sp³-hybridized carbons (Fsp3) is 1.00. The van der Waals surface area contributed by atoms with Crippen molar-refractivity contribution in [1.82, 2.24) is 10.2 Å². The van der Waals surface area contributed by atoms with Crippen LogP contribution in [-0.2, 0) is 4.74 Å². The van der Waals surface area contributed by atoms with E-state index >= 15 is 0 Å². The third kappa shape index (κ3) is 5.25. The Bertz CT molecular complexity index is 189. The summed E-state index contributed by atoms with van der Waals surface area (Å²) >= 11 is 0. The standard InChI is InChI=1S/C15H30N2O/c1-17(10-7-14-5-3-2-4-6-14)11-8-15-13-18-12-9-16-15/h14-16H,2-13H2,1H3. The summed E-state index contributed by atoms with van der Waals surface area (Å²) in [6.45, 7) is 5.28. The zero-order valence-electron chi connectivity index (χ0n) is 12.0. The van der Waals surface area contributed by atoms with Gasteiger partial charge in [0.1, 0.15) is 0 Å². The maximum atomic E-state index is 5.49.